The molecule has 0 saturated carbocycles. The first-order chi connectivity index (χ1) is 15.5. The van der Waals surface area contributed by atoms with Crippen molar-refractivity contribution in [1.82, 2.24) is 10.3 Å². The predicted octanol–water partition coefficient (Wildman–Crippen LogP) is 4.36. The standard InChI is InChI=1S/C28H31N3O/c1-18-4-5-22-15-26(20(3)25(22)12-18)21-6-7-23(14-21)28(32)16-24-17-30-19(2)13-27(24)31-10-8-29-9-11-31/h4-5,7,12-14,17,26,29H,3,6,8-11,15-16H2,1-2H3. The molecule has 1 unspecified atom stereocenters. The van der Waals surface area contributed by atoms with Crippen molar-refractivity contribution in [2.75, 3.05) is 31.1 Å². The van der Waals surface area contributed by atoms with Gasteiger partial charge in [0, 0.05) is 67.2 Å². The third-order valence-corrected chi connectivity index (χ3v) is 7.03. The topological polar surface area (TPSA) is 45.2 Å². The number of carbonyl (C=O) groups excluding carboxylic acids is 1. The Labute approximate surface area is 190 Å². The first kappa shape index (κ1) is 20.9. The summed E-state index contributed by atoms with van der Waals surface area (Å²) >= 11 is 0. The first-order valence-electron chi connectivity index (χ1n) is 11.6. The molecule has 1 aromatic heterocycles. The molecule has 2 heterocycles. The van der Waals surface area contributed by atoms with E-state index in [1.165, 1.54) is 27.8 Å². The van der Waals surface area contributed by atoms with E-state index in [-0.39, 0.29) is 5.78 Å². The van der Waals surface area contributed by atoms with Crippen molar-refractivity contribution in [3.8, 4) is 0 Å². The van der Waals surface area contributed by atoms with Gasteiger partial charge in [-0.2, -0.15) is 0 Å². The van der Waals surface area contributed by atoms with E-state index in [2.05, 4.69) is 65.1 Å². The average Bonchev–Trinajstić information content (AvgIpc) is 3.41. The lowest BCUT2D eigenvalue weighted by molar-refractivity contribution is -0.114. The molecule has 0 spiro atoms. The van der Waals surface area contributed by atoms with E-state index in [0.717, 1.165) is 61.5 Å². The first-order valence-corrected chi connectivity index (χ1v) is 11.6. The number of nitrogens with zero attached hydrogens (tertiary/aromatic N) is 2. The highest BCUT2D eigenvalue weighted by Gasteiger charge is 2.30. The largest absolute Gasteiger partial charge is 0.369 e. The second kappa shape index (κ2) is 8.51. The summed E-state index contributed by atoms with van der Waals surface area (Å²) in [6, 6.07) is 8.78. The number of hydrogen-bond acceptors (Lipinski definition) is 4. The molecule has 3 aliphatic rings. The molecule has 2 aromatic rings. The Bertz CT molecular complexity index is 1150. The van der Waals surface area contributed by atoms with Crippen LogP contribution >= 0.6 is 0 Å². The lowest BCUT2D eigenvalue weighted by Gasteiger charge is -2.31. The number of pyridine rings is 1. The quantitative estimate of drug-likeness (QED) is 0.773. The van der Waals surface area contributed by atoms with Gasteiger partial charge in [0.2, 0.25) is 0 Å². The van der Waals surface area contributed by atoms with Crippen molar-refractivity contribution in [2.24, 2.45) is 5.92 Å². The van der Waals surface area contributed by atoms with Gasteiger partial charge < -0.3 is 10.2 Å². The van der Waals surface area contributed by atoms with Crippen molar-refractivity contribution in [2.45, 2.75) is 33.1 Å². The Kier molecular flexibility index (Phi) is 5.56. The maximum Gasteiger partial charge on any atom is 0.167 e. The Hall–Kier alpha value is -2.98. The van der Waals surface area contributed by atoms with E-state index in [1.54, 1.807) is 0 Å². The third kappa shape index (κ3) is 3.95. The molecule has 164 valence electrons. The van der Waals surface area contributed by atoms with Crippen LogP contribution in [-0.4, -0.2) is 36.9 Å². The summed E-state index contributed by atoms with van der Waals surface area (Å²) in [6.45, 7) is 12.4. The smallest absolute Gasteiger partial charge is 0.167 e. The molecule has 0 radical (unpaired) electrons. The molecule has 1 fully saturated rings. The van der Waals surface area contributed by atoms with E-state index >= 15 is 0 Å². The number of nitrogens with one attached hydrogen (secondary N) is 1. The molecular weight excluding hydrogens is 394 g/mol. The monoisotopic (exact) mass is 425 g/mol. The molecule has 1 aliphatic heterocycles. The third-order valence-electron chi connectivity index (χ3n) is 7.03. The molecule has 1 saturated heterocycles. The number of fused-ring (bicyclic) bond motifs is 1. The lowest BCUT2D eigenvalue weighted by Crippen LogP contribution is -2.44. The zero-order valence-corrected chi connectivity index (χ0v) is 19.1. The SMILES string of the molecule is C=C1c2cc(C)ccc2CC1C1=CC(C(=O)Cc2cnc(C)cc2N2CCNCC2)=CC1. The van der Waals surface area contributed by atoms with Gasteiger partial charge in [-0.15, -0.1) is 0 Å². The van der Waals surface area contributed by atoms with E-state index in [1.807, 2.05) is 13.1 Å². The Balaban J connectivity index is 1.32. The summed E-state index contributed by atoms with van der Waals surface area (Å²) in [4.78, 5) is 20.1. The second-order valence-electron chi connectivity index (χ2n) is 9.32. The minimum Gasteiger partial charge on any atom is -0.369 e. The number of hydrogen-bond donors (Lipinski definition) is 1. The number of Topliss-reactive ketones (excluding diaryl/α,β-unsaturated/α-hetero) is 1. The van der Waals surface area contributed by atoms with Gasteiger partial charge in [0.15, 0.2) is 5.78 Å². The van der Waals surface area contributed by atoms with Gasteiger partial charge in [-0.3, -0.25) is 9.78 Å². The summed E-state index contributed by atoms with van der Waals surface area (Å²) in [7, 11) is 0. The highest BCUT2D eigenvalue weighted by molar-refractivity contribution is 6.01. The molecule has 0 bridgehead atoms. The van der Waals surface area contributed by atoms with Gasteiger partial charge in [-0.1, -0.05) is 48.1 Å². The number of ketones is 1. The van der Waals surface area contributed by atoms with Crippen LogP contribution in [-0.2, 0) is 17.6 Å². The number of piperazine rings is 1. The highest BCUT2D eigenvalue weighted by atomic mass is 16.1. The molecule has 4 nitrogen and oxygen atoms in total. The van der Waals surface area contributed by atoms with Crippen LogP contribution in [0.1, 0.15) is 34.4 Å². The average molecular weight is 426 g/mol. The molecule has 1 atom stereocenters. The van der Waals surface area contributed by atoms with Crippen molar-refractivity contribution in [1.29, 1.82) is 0 Å². The number of benzene rings is 1. The predicted molar refractivity (Wildman–Crippen MR) is 131 cm³/mol. The minimum absolute atomic E-state index is 0.180. The minimum atomic E-state index is 0.180. The normalized spacial score (nSPS) is 20.2. The van der Waals surface area contributed by atoms with E-state index in [9.17, 15) is 4.79 Å². The summed E-state index contributed by atoms with van der Waals surface area (Å²) < 4.78 is 0. The van der Waals surface area contributed by atoms with Crippen molar-refractivity contribution >= 4 is 17.0 Å². The fraction of sp³-hybridized carbons (Fsp3) is 0.357. The summed E-state index contributed by atoms with van der Waals surface area (Å²) in [5, 5.41) is 3.40. The number of aryl methyl sites for hydroxylation is 2. The number of allylic oxidation sites excluding steroid dienone is 5. The van der Waals surface area contributed by atoms with Crippen LogP contribution in [0.3, 0.4) is 0 Å². The van der Waals surface area contributed by atoms with Gasteiger partial charge in [-0.25, -0.2) is 0 Å². The van der Waals surface area contributed by atoms with Gasteiger partial charge in [-0.05, 0) is 49.5 Å². The van der Waals surface area contributed by atoms with Crippen LogP contribution in [0.4, 0.5) is 5.69 Å². The molecule has 2 aliphatic carbocycles. The van der Waals surface area contributed by atoms with Crippen LogP contribution in [0.2, 0.25) is 0 Å². The molecule has 4 heteroatoms. The van der Waals surface area contributed by atoms with Gasteiger partial charge in [0.25, 0.3) is 0 Å². The zero-order valence-electron chi connectivity index (χ0n) is 19.1. The summed E-state index contributed by atoms with van der Waals surface area (Å²) in [6.07, 6.45) is 8.35. The zero-order chi connectivity index (χ0) is 22.2. The molecule has 0 amide bonds. The van der Waals surface area contributed by atoms with Gasteiger partial charge >= 0.3 is 0 Å². The molecule has 32 heavy (non-hydrogen) atoms. The van der Waals surface area contributed by atoms with Crippen molar-refractivity contribution < 1.29 is 4.79 Å². The van der Waals surface area contributed by atoms with Crippen LogP contribution < -0.4 is 10.2 Å². The maximum absolute atomic E-state index is 13.2. The number of anilines is 1. The lowest BCUT2D eigenvalue weighted by atomic mass is 9.91. The van der Waals surface area contributed by atoms with Gasteiger partial charge in [0.1, 0.15) is 0 Å². The molecule has 1 aromatic carbocycles. The van der Waals surface area contributed by atoms with Crippen molar-refractivity contribution in [3.05, 3.63) is 88.3 Å². The van der Waals surface area contributed by atoms with E-state index < -0.39 is 0 Å². The number of carbonyl (C=O) groups is 1. The fourth-order valence-electron chi connectivity index (χ4n) is 5.22. The van der Waals surface area contributed by atoms with Crippen molar-refractivity contribution in [3.63, 3.8) is 0 Å². The van der Waals surface area contributed by atoms with Gasteiger partial charge in [0.05, 0.1) is 0 Å². The number of rotatable bonds is 5. The van der Waals surface area contributed by atoms with Crippen LogP contribution in [0.15, 0.2) is 60.3 Å². The highest BCUT2D eigenvalue weighted by Crippen LogP contribution is 2.43. The maximum atomic E-state index is 13.2. The summed E-state index contributed by atoms with van der Waals surface area (Å²) in [5.41, 5.74) is 10.5. The van der Waals surface area contributed by atoms with Crippen LogP contribution in [0.5, 0.6) is 0 Å². The van der Waals surface area contributed by atoms with Crippen LogP contribution in [0, 0.1) is 19.8 Å². The fourth-order valence-corrected chi connectivity index (χ4v) is 5.22. The van der Waals surface area contributed by atoms with Crippen LogP contribution in [0.25, 0.3) is 5.57 Å². The molecule has 1 N–H and O–H groups in total. The number of aromatic nitrogens is 1. The molecule has 5 rings (SSSR count). The summed E-state index contributed by atoms with van der Waals surface area (Å²) in [5.74, 6) is 0.491. The molecular formula is C28H31N3O. The Morgan fingerprint density at radius 3 is 2.84 bits per heavy atom. The second-order valence-corrected chi connectivity index (χ2v) is 9.32. The van der Waals surface area contributed by atoms with E-state index in [4.69, 9.17) is 0 Å². The Morgan fingerprint density at radius 1 is 1.22 bits per heavy atom. The Morgan fingerprint density at radius 2 is 2.03 bits per heavy atom. The van der Waals surface area contributed by atoms with E-state index in [0.29, 0.717) is 12.3 Å².